The smallest absolute Gasteiger partial charge is 0.256 e. The summed E-state index contributed by atoms with van der Waals surface area (Å²) in [4.78, 5) is 14.1. The molecule has 1 aromatic heterocycles. The van der Waals surface area contributed by atoms with Crippen LogP contribution < -0.4 is 10.6 Å². The average Bonchev–Trinajstić information content (AvgIpc) is 2.92. The Balaban J connectivity index is 1.65. The quantitative estimate of drug-likeness (QED) is 0.864. The molecule has 4 rings (SSSR count). The van der Waals surface area contributed by atoms with Crippen LogP contribution in [0.1, 0.15) is 58.4 Å². The summed E-state index contributed by atoms with van der Waals surface area (Å²) in [6.45, 7) is 4.45. The van der Waals surface area contributed by atoms with Crippen LogP contribution in [0.25, 0.3) is 0 Å². The van der Waals surface area contributed by atoms with Gasteiger partial charge in [-0.1, -0.05) is 38.1 Å². The van der Waals surface area contributed by atoms with E-state index < -0.39 is 0 Å². The van der Waals surface area contributed by atoms with Gasteiger partial charge in [-0.25, -0.2) is 0 Å². The zero-order valence-corrected chi connectivity index (χ0v) is 14.4. The van der Waals surface area contributed by atoms with Gasteiger partial charge in [-0.3, -0.25) is 4.79 Å². The van der Waals surface area contributed by atoms with Crippen molar-refractivity contribution in [1.29, 1.82) is 0 Å². The Labute approximate surface area is 141 Å². The molecule has 120 valence electrons. The summed E-state index contributed by atoms with van der Waals surface area (Å²) in [5, 5.41) is 7.72. The molecule has 1 aliphatic heterocycles. The van der Waals surface area contributed by atoms with Crippen LogP contribution in [-0.4, -0.2) is 5.91 Å². The molecule has 4 heteroatoms. The van der Waals surface area contributed by atoms with Gasteiger partial charge >= 0.3 is 0 Å². The fourth-order valence-electron chi connectivity index (χ4n) is 3.58. The van der Waals surface area contributed by atoms with Crippen molar-refractivity contribution in [2.45, 2.75) is 45.7 Å². The number of rotatable bonds is 2. The van der Waals surface area contributed by atoms with E-state index in [1.54, 1.807) is 11.3 Å². The standard InChI is InChI=1S/C19H22N2OS/c1-3-12-5-7-13(8-6-12)17-20-18(22)16-14-9-4-11(2)10-15(14)23-19(16)21-17/h5-8,11,17,21H,3-4,9-10H2,1-2H3,(H,20,22)/t11-,17+/m1/s1. The van der Waals surface area contributed by atoms with E-state index in [-0.39, 0.29) is 12.1 Å². The summed E-state index contributed by atoms with van der Waals surface area (Å²) in [7, 11) is 0. The average molecular weight is 326 g/mol. The van der Waals surface area contributed by atoms with E-state index in [1.165, 1.54) is 22.4 Å². The number of hydrogen-bond donors (Lipinski definition) is 2. The highest BCUT2D eigenvalue weighted by atomic mass is 32.1. The molecule has 1 amide bonds. The molecule has 0 saturated heterocycles. The third kappa shape index (κ3) is 2.55. The van der Waals surface area contributed by atoms with Crippen LogP contribution >= 0.6 is 11.3 Å². The van der Waals surface area contributed by atoms with Gasteiger partial charge in [-0.15, -0.1) is 11.3 Å². The van der Waals surface area contributed by atoms with Crippen LogP contribution in [0.3, 0.4) is 0 Å². The Kier molecular flexibility index (Phi) is 3.64. The lowest BCUT2D eigenvalue weighted by Crippen LogP contribution is -2.38. The molecule has 23 heavy (non-hydrogen) atoms. The number of fused-ring (bicyclic) bond motifs is 3. The minimum absolute atomic E-state index is 0.0790. The molecule has 3 nitrogen and oxygen atoms in total. The zero-order chi connectivity index (χ0) is 16.0. The largest absolute Gasteiger partial charge is 0.353 e. The van der Waals surface area contributed by atoms with E-state index in [9.17, 15) is 4.79 Å². The summed E-state index contributed by atoms with van der Waals surface area (Å²) >= 11 is 1.78. The first-order chi connectivity index (χ1) is 11.2. The van der Waals surface area contributed by atoms with Crippen LogP contribution in [-0.2, 0) is 19.3 Å². The fraction of sp³-hybridized carbons (Fsp3) is 0.421. The molecule has 0 radical (unpaired) electrons. The lowest BCUT2D eigenvalue weighted by atomic mass is 9.88. The number of anilines is 1. The number of nitrogens with one attached hydrogen (secondary N) is 2. The first-order valence-electron chi connectivity index (χ1n) is 8.46. The van der Waals surface area contributed by atoms with Crippen molar-refractivity contribution < 1.29 is 4.79 Å². The van der Waals surface area contributed by atoms with E-state index in [4.69, 9.17) is 0 Å². The van der Waals surface area contributed by atoms with Crippen LogP contribution in [0.2, 0.25) is 0 Å². The number of hydrogen-bond acceptors (Lipinski definition) is 3. The van der Waals surface area contributed by atoms with Gasteiger partial charge in [-0.05, 0) is 48.3 Å². The third-order valence-electron chi connectivity index (χ3n) is 5.01. The van der Waals surface area contributed by atoms with Gasteiger partial charge in [0.2, 0.25) is 0 Å². The summed E-state index contributed by atoms with van der Waals surface area (Å²) < 4.78 is 0. The minimum Gasteiger partial charge on any atom is -0.353 e. The Morgan fingerprint density at radius 2 is 2.00 bits per heavy atom. The molecule has 2 aliphatic rings. The summed E-state index contributed by atoms with van der Waals surface area (Å²) in [5.41, 5.74) is 4.62. The van der Waals surface area contributed by atoms with E-state index in [0.29, 0.717) is 0 Å². The SMILES string of the molecule is CCc1ccc([C@H]2NC(=O)c3c(sc4c3CC[C@@H](C)C4)N2)cc1. The van der Waals surface area contributed by atoms with Crippen LogP contribution in [0.15, 0.2) is 24.3 Å². The Morgan fingerprint density at radius 1 is 1.22 bits per heavy atom. The number of benzene rings is 1. The first kappa shape index (κ1) is 14.8. The van der Waals surface area contributed by atoms with Gasteiger partial charge in [0.25, 0.3) is 5.91 Å². The molecule has 0 unspecified atom stereocenters. The van der Waals surface area contributed by atoms with Crippen LogP contribution in [0.4, 0.5) is 5.00 Å². The van der Waals surface area contributed by atoms with Crippen molar-refractivity contribution in [3.63, 3.8) is 0 Å². The van der Waals surface area contributed by atoms with Crippen molar-refractivity contribution >= 4 is 22.2 Å². The second-order valence-corrected chi connectivity index (χ2v) is 7.81. The second-order valence-electron chi connectivity index (χ2n) is 6.70. The molecule has 2 atom stereocenters. The molecule has 0 saturated carbocycles. The van der Waals surface area contributed by atoms with E-state index in [0.717, 1.165) is 41.3 Å². The molecule has 2 heterocycles. The number of amides is 1. The lowest BCUT2D eigenvalue weighted by molar-refractivity contribution is 0.0935. The summed E-state index contributed by atoms with van der Waals surface area (Å²) in [5.74, 6) is 0.804. The highest BCUT2D eigenvalue weighted by molar-refractivity contribution is 7.16. The molecular weight excluding hydrogens is 304 g/mol. The molecule has 2 aromatic rings. The fourth-order valence-corrected chi connectivity index (χ4v) is 5.01. The Hall–Kier alpha value is -1.81. The number of thiophene rings is 1. The third-order valence-corrected chi connectivity index (χ3v) is 6.20. The molecule has 1 aliphatic carbocycles. The molecule has 0 bridgehead atoms. The van der Waals surface area contributed by atoms with Crippen molar-refractivity contribution in [2.75, 3.05) is 5.32 Å². The van der Waals surface area contributed by atoms with E-state index >= 15 is 0 Å². The van der Waals surface area contributed by atoms with Crippen molar-refractivity contribution in [3.8, 4) is 0 Å². The number of carbonyl (C=O) groups excluding carboxylic acids is 1. The monoisotopic (exact) mass is 326 g/mol. The highest BCUT2D eigenvalue weighted by Crippen LogP contribution is 2.42. The van der Waals surface area contributed by atoms with E-state index in [2.05, 4.69) is 48.7 Å². The normalized spacial score (nSPS) is 22.8. The lowest BCUT2D eigenvalue weighted by Gasteiger charge is -2.27. The Morgan fingerprint density at radius 3 is 2.74 bits per heavy atom. The highest BCUT2D eigenvalue weighted by Gasteiger charge is 2.32. The van der Waals surface area contributed by atoms with Crippen LogP contribution in [0.5, 0.6) is 0 Å². The Bertz CT molecular complexity index is 747. The van der Waals surface area contributed by atoms with Gasteiger partial charge in [0, 0.05) is 4.88 Å². The second kappa shape index (κ2) is 5.68. The predicted octanol–water partition coefficient (Wildman–Crippen LogP) is 4.29. The van der Waals surface area contributed by atoms with Crippen molar-refractivity contribution in [1.82, 2.24) is 5.32 Å². The topological polar surface area (TPSA) is 41.1 Å². The van der Waals surface area contributed by atoms with Gasteiger partial charge < -0.3 is 10.6 Å². The maximum Gasteiger partial charge on any atom is 0.256 e. The van der Waals surface area contributed by atoms with E-state index in [1.807, 2.05) is 0 Å². The number of aryl methyl sites for hydroxylation is 1. The van der Waals surface area contributed by atoms with Crippen molar-refractivity contribution in [3.05, 3.63) is 51.4 Å². The molecule has 0 fully saturated rings. The first-order valence-corrected chi connectivity index (χ1v) is 9.28. The predicted molar refractivity (Wildman–Crippen MR) is 95.2 cm³/mol. The number of carbonyl (C=O) groups is 1. The summed E-state index contributed by atoms with van der Waals surface area (Å²) in [6, 6.07) is 8.49. The van der Waals surface area contributed by atoms with Gasteiger partial charge in [0.05, 0.1) is 5.56 Å². The molecule has 2 N–H and O–H groups in total. The van der Waals surface area contributed by atoms with Crippen LogP contribution in [0, 0.1) is 5.92 Å². The van der Waals surface area contributed by atoms with Gasteiger partial charge in [-0.2, -0.15) is 0 Å². The molecular formula is C19H22N2OS. The maximum absolute atomic E-state index is 12.7. The maximum atomic E-state index is 12.7. The van der Waals surface area contributed by atoms with Gasteiger partial charge in [0.1, 0.15) is 11.2 Å². The summed E-state index contributed by atoms with van der Waals surface area (Å²) in [6.07, 6.45) is 4.24. The minimum atomic E-state index is -0.126. The molecule has 1 aromatic carbocycles. The van der Waals surface area contributed by atoms with Gasteiger partial charge in [0.15, 0.2) is 0 Å². The molecule has 0 spiro atoms. The van der Waals surface area contributed by atoms with Crippen molar-refractivity contribution in [2.24, 2.45) is 5.92 Å². The zero-order valence-electron chi connectivity index (χ0n) is 13.6.